The summed E-state index contributed by atoms with van der Waals surface area (Å²) in [5, 5.41) is 15.2. The summed E-state index contributed by atoms with van der Waals surface area (Å²) in [5.41, 5.74) is 0. The van der Waals surface area contributed by atoms with Crippen LogP contribution in [0.5, 0.6) is 0 Å². The number of nitrogens with one attached hydrogen (secondary N) is 2. The Kier molecular flexibility index (Phi) is 4.43. The Morgan fingerprint density at radius 1 is 1.67 bits per heavy atom. The SMILES string of the molecule is CSC(C)(C)CNC(=O)[C@H]1C[C@@H](O)CN1. The Morgan fingerprint density at radius 2 is 2.33 bits per heavy atom. The molecule has 2 atom stereocenters. The molecular weight excluding hydrogens is 212 g/mol. The highest BCUT2D eigenvalue weighted by atomic mass is 32.2. The quantitative estimate of drug-likeness (QED) is 0.637. The zero-order valence-corrected chi connectivity index (χ0v) is 10.4. The average Bonchev–Trinajstić information content (AvgIpc) is 2.61. The Hall–Kier alpha value is -0.260. The summed E-state index contributed by atoms with van der Waals surface area (Å²) in [6, 6.07) is -0.224. The lowest BCUT2D eigenvalue weighted by Gasteiger charge is -2.23. The van der Waals surface area contributed by atoms with Crippen LogP contribution in [0.2, 0.25) is 0 Å². The van der Waals surface area contributed by atoms with Crippen LogP contribution in [0.4, 0.5) is 0 Å². The molecule has 0 spiro atoms. The number of carbonyl (C=O) groups is 1. The molecule has 3 N–H and O–H groups in total. The first-order chi connectivity index (χ1) is 6.94. The van der Waals surface area contributed by atoms with Gasteiger partial charge in [0.05, 0.1) is 12.1 Å². The van der Waals surface area contributed by atoms with E-state index in [0.29, 0.717) is 19.5 Å². The van der Waals surface area contributed by atoms with Crippen LogP contribution in [0, 0.1) is 0 Å². The van der Waals surface area contributed by atoms with Gasteiger partial charge in [0.2, 0.25) is 5.91 Å². The third-order valence-corrected chi connectivity index (χ3v) is 3.91. The van der Waals surface area contributed by atoms with Crippen LogP contribution in [-0.4, -0.2) is 47.3 Å². The number of aliphatic hydroxyl groups is 1. The number of amides is 1. The minimum atomic E-state index is -0.380. The zero-order valence-electron chi connectivity index (χ0n) is 9.54. The third-order valence-electron chi connectivity index (χ3n) is 2.67. The van der Waals surface area contributed by atoms with Crippen molar-refractivity contribution in [2.75, 3.05) is 19.3 Å². The van der Waals surface area contributed by atoms with E-state index in [2.05, 4.69) is 24.5 Å². The number of β-amino-alcohol motifs (C(OH)–C–C–N with tert-alkyl or cyclic N) is 1. The second-order valence-electron chi connectivity index (χ2n) is 4.53. The molecule has 0 saturated carbocycles. The van der Waals surface area contributed by atoms with Gasteiger partial charge in [0.1, 0.15) is 0 Å². The molecule has 0 aromatic heterocycles. The van der Waals surface area contributed by atoms with E-state index in [1.54, 1.807) is 11.8 Å². The van der Waals surface area contributed by atoms with Crippen LogP contribution in [0.1, 0.15) is 20.3 Å². The van der Waals surface area contributed by atoms with Crippen molar-refractivity contribution in [2.24, 2.45) is 0 Å². The first kappa shape index (κ1) is 12.8. The van der Waals surface area contributed by atoms with Gasteiger partial charge in [0, 0.05) is 17.8 Å². The maximum Gasteiger partial charge on any atom is 0.237 e. The second-order valence-corrected chi connectivity index (χ2v) is 6.05. The van der Waals surface area contributed by atoms with E-state index >= 15 is 0 Å². The Morgan fingerprint density at radius 3 is 2.80 bits per heavy atom. The molecule has 1 saturated heterocycles. The summed E-state index contributed by atoms with van der Waals surface area (Å²) >= 11 is 1.73. The van der Waals surface area contributed by atoms with Crippen LogP contribution in [0.3, 0.4) is 0 Å². The first-order valence-electron chi connectivity index (χ1n) is 5.19. The lowest BCUT2D eigenvalue weighted by atomic mass is 10.1. The number of carbonyl (C=O) groups excluding carboxylic acids is 1. The molecule has 0 aromatic rings. The molecule has 0 unspecified atom stereocenters. The van der Waals surface area contributed by atoms with E-state index in [-0.39, 0.29) is 22.8 Å². The van der Waals surface area contributed by atoms with Crippen molar-refractivity contribution < 1.29 is 9.90 Å². The highest BCUT2D eigenvalue weighted by Gasteiger charge is 2.28. The van der Waals surface area contributed by atoms with Crippen molar-refractivity contribution >= 4 is 17.7 Å². The van der Waals surface area contributed by atoms with E-state index in [4.69, 9.17) is 0 Å². The van der Waals surface area contributed by atoms with Crippen molar-refractivity contribution in [1.29, 1.82) is 0 Å². The van der Waals surface area contributed by atoms with Crippen molar-refractivity contribution in [3.63, 3.8) is 0 Å². The normalized spacial score (nSPS) is 26.7. The molecule has 0 radical (unpaired) electrons. The fourth-order valence-corrected chi connectivity index (χ4v) is 1.63. The molecule has 88 valence electrons. The van der Waals surface area contributed by atoms with Gasteiger partial charge in [0.15, 0.2) is 0 Å². The molecule has 1 heterocycles. The zero-order chi connectivity index (χ0) is 11.5. The molecule has 1 aliphatic rings. The van der Waals surface area contributed by atoms with Crippen LogP contribution in [0.15, 0.2) is 0 Å². The summed E-state index contributed by atoms with van der Waals surface area (Å²) in [7, 11) is 0. The topological polar surface area (TPSA) is 61.4 Å². The highest BCUT2D eigenvalue weighted by molar-refractivity contribution is 7.99. The first-order valence-corrected chi connectivity index (χ1v) is 6.41. The van der Waals surface area contributed by atoms with E-state index in [9.17, 15) is 9.90 Å². The van der Waals surface area contributed by atoms with Gasteiger partial charge in [0.25, 0.3) is 0 Å². The second kappa shape index (κ2) is 5.18. The van der Waals surface area contributed by atoms with Gasteiger partial charge in [-0.3, -0.25) is 4.79 Å². The lowest BCUT2D eigenvalue weighted by molar-refractivity contribution is -0.123. The molecule has 1 rings (SSSR count). The maximum absolute atomic E-state index is 11.7. The Bertz CT molecular complexity index is 233. The third kappa shape index (κ3) is 4.01. The standard InChI is InChI=1S/C10H20N2O2S/c1-10(2,15-3)6-12-9(14)8-4-7(13)5-11-8/h7-8,11,13H,4-6H2,1-3H3,(H,12,14)/t7-,8-/m1/s1. The van der Waals surface area contributed by atoms with E-state index in [1.165, 1.54) is 0 Å². The highest BCUT2D eigenvalue weighted by Crippen LogP contribution is 2.19. The Balaban J connectivity index is 2.30. The maximum atomic E-state index is 11.7. The molecule has 0 aromatic carbocycles. The van der Waals surface area contributed by atoms with Crippen LogP contribution < -0.4 is 10.6 Å². The van der Waals surface area contributed by atoms with Crippen LogP contribution in [-0.2, 0) is 4.79 Å². The average molecular weight is 232 g/mol. The minimum Gasteiger partial charge on any atom is -0.392 e. The fraction of sp³-hybridized carbons (Fsp3) is 0.900. The largest absolute Gasteiger partial charge is 0.392 e. The summed E-state index contributed by atoms with van der Waals surface area (Å²) in [4.78, 5) is 11.7. The van der Waals surface area contributed by atoms with Gasteiger partial charge < -0.3 is 15.7 Å². The predicted molar refractivity (Wildman–Crippen MR) is 63.0 cm³/mol. The fourth-order valence-electron chi connectivity index (χ4n) is 1.41. The van der Waals surface area contributed by atoms with Gasteiger partial charge in [-0.25, -0.2) is 0 Å². The van der Waals surface area contributed by atoms with Gasteiger partial charge in [-0.1, -0.05) is 0 Å². The molecule has 15 heavy (non-hydrogen) atoms. The van der Waals surface area contributed by atoms with Crippen molar-refractivity contribution in [3.05, 3.63) is 0 Å². The van der Waals surface area contributed by atoms with E-state index in [0.717, 1.165) is 0 Å². The number of hydrogen-bond acceptors (Lipinski definition) is 4. The molecular formula is C10H20N2O2S. The van der Waals surface area contributed by atoms with Gasteiger partial charge in [-0.2, -0.15) is 11.8 Å². The summed E-state index contributed by atoms with van der Waals surface area (Å²) in [6.07, 6.45) is 2.17. The molecule has 1 fully saturated rings. The molecule has 0 aliphatic carbocycles. The van der Waals surface area contributed by atoms with Crippen molar-refractivity contribution in [2.45, 2.75) is 37.2 Å². The number of aliphatic hydroxyl groups excluding tert-OH is 1. The number of rotatable bonds is 4. The number of thioether (sulfide) groups is 1. The van der Waals surface area contributed by atoms with E-state index < -0.39 is 0 Å². The summed E-state index contributed by atoms with van der Waals surface area (Å²) in [5.74, 6) is -0.00586. The van der Waals surface area contributed by atoms with Crippen LogP contribution >= 0.6 is 11.8 Å². The lowest BCUT2D eigenvalue weighted by Crippen LogP contribution is -2.44. The number of hydrogen-bond donors (Lipinski definition) is 3. The Labute approximate surface area is 95.2 Å². The summed E-state index contributed by atoms with van der Waals surface area (Å²) in [6.45, 7) is 5.36. The molecule has 1 amide bonds. The molecule has 4 nitrogen and oxygen atoms in total. The predicted octanol–water partition coefficient (Wildman–Crippen LogP) is -0.0330. The van der Waals surface area contributed by atoms with Gasteiger partial charge >= 0.3 is 0 Å². The van der Waals surface area contributed by atoms with Gasteiger partial charge in [-0.15, -0.1) is 0 Å². The minimum absolute atomic E-state index is 0.00586. The van der Waals surface area contributed by atoms with Gasteiger partial charge in [-0.05, 0) is 26.5 Å². The monoisotopic (exact) mass is 232 g/mol. The van der Waals surface area contributed by atoms with Crippen LogP contribution in [0.25, 0.3) is 0 Å². The smallest absolute Gasteiger partial charge is 0.237 e. The van der Waals surface area contributed by atoms with Crippen molar-refractivity contribution in [1.82, 2.24) is 10.6 Å². The molecule has 1 aliphatic heterocycles. The summed E-state index contributed by atoms with van der Waals surface area (Å²) < 4.78 is 0.0624. The van der Waals surface area contributed by atoms with E-state index in [1.807, 2.05) is 6.26 Å². The van der Waals surface area contributed by atoms with Crippen molar-refractivity contribution in [3.8, 4) is 0 Å². The molecule has 0 bridgehead atoms. The molecule has 5 heteroatoms.